The van der Waals surface area contributed by atoms with E-state index in [0.717, 1.165) is 13.0 Å². The summed E-state index contributed by atoms with van der Waals surface area (Å²) in [6.45, 7) is 1.68. The van der Waals surface area contributed by atoms with Gasteiger partial charge in [0.1, 0.15) is 0 Å². The minimum Gasteiger partial charge on any atom is -0.391 e. The van der Waals surface area contributed by atoms with Crippen molar-refractivity contribution < 1.29 is 14.6 Å². The minimum atomic E-state index is -0.492. The molecule has 2 atom stereocenters. The lowest BCUT2D eigenvalue weighted by molar-refractivity contribution is -0.124. The van der Waals surface area contributed by atoms with Gasteiger partial charge in [0.2, 0.25) is 5.91 Å². The Morgan fingerprint density at radius 3 is 3.22 bits per heavy atom. The summed E-state index contributed by atoms with van der Waals surface area (Å²) in [5, 5.41) is 16.6. The van der Waals surface area contributed by atoms with Gasteiger partial charge in [-0.05, 0) is 18.9 Å². The fourth-order valence-corrected chi connectivity index (χ4v) is 1.98. The Bertz CT molecular complexity index is 367. The number of nitrogens with zero attached hydrogens (tertiary/aromatic N) is 2. The maximum absolute atomic E-state index is 11.7. The fraction of sp³-hybridized carbons (Fsp3) is 0.667. The molecular formula is C12H19N3O3. The van der Waals surface area contributed by atoms with E-state index < -0.39 is 6.10 Å². The van der Waals surface area contributed by atoms with E-state index in [4.69, 9.17) is 4.74 Å². The van der Waals surface area contributed by atoms with Crippen molar-refractivity contribution in [3.8, 4) is 0 Å². The molecule has 0 unspecified atom stereocenters. The Hall–Kier alpha value is -1.40. The molecule has 1 aromatic rings. The summed E-state index contributed by atoms with van der Waals surface area (Å²) in [5.41, 5.74) is 0. The van der Waals surface area contributed by atoms with Gasteiger partial charge in [0.25, 0.3) is 0 Å². The van der Waals surface area contributed by atoms with Crippen molar-refractivity contribution in [2.24, 2.45) is 0 Å². The van der Waals surface area contributed by atoms with Gasteiger partial charge in [0.15, 0.2) is 0 Å². The average Bonchev–Trinajstić information content (AvgIpc) is 2.85. The standard InChI is InChI=1S/C12H19N3O3/c16-11-4-8-18-9-10(11)14-12(17)3-1-6-15-7-2-5-13-15/h2,5,7,10-11,16H,1,3-4,6,8-9H2,(H,14,17)/t10-,11-/m1/s1. The number of amides is 1. The van der Waals surface area contributed by atoms with Gasteiger partial charge in [0.05, 0.1) is 18.8 Å². The highest BCUT2D eigenvalue weighted by atomic mass is 16.5. The normalized spacial score (nSPS) is 23.8. The summed E-state index contributed by atoms with van der Waals surface area (Å²) in [7, 11) is 0. The van der Waals surface area contributed by atoms with E-state index in [0.29, 0.717) is 26.1 Å². The molecular weight excluding hydrogens is 234 g/mol. The number of rotatable bonds is 5. The van der Waals surface area contributed by atoms with Crippen LogP contribution in [-0.4, -0.2) is 46.2 Å². The lowest BCUT2D eigenvalue weighted by Gasteiger charge is -2.28. The van der Waals surface area contributed by atoms with E-state index in [1.807, 2.05) is 12.3 Å². The number of aromatic nitrogens is 2. The van der Waals surface area contributed by atoms with Gasteiger partial charge >= 0.3 is 0 Å². The van der Waals surface area contributed by atoms with Crippen molar-refractivity contribution in [3.05, 3.63) is 18.5 Å². The van der Waals surface area contributed by atoms with Gasteiger partial charge in [-0.15, -0.1) is 0 Å². The van der Waals surface area contributed by atoms with Gasteiger partial charge in [-0.25, -0.2) is 0 Å². The van der Waals surface area contributed by atoms with Crippen LogP contribution in [0.3, 0.4) is 0 Å². The summed E-state index contributed by atoms with van der Waals surface area (Å²) < 4.78 is 7.03. The fourth-order valence-electron chi connectivity index (χ4n) is 1.98. The van der Waals surface area contributed by atoms with Crippen molar-refractivity contribution in [1.29, 1.82) is 0 Å². The Morgan fingerprint density at radius 2 is 2.50 bits per heavy atom. The molecule has 0 aliphatic carbocycles. The molecule has 0 radical (unpaired) electrons. The highest BCUT2D eigenvalue weighted by Crippen LogP contribution is 2.07. The van der Waals surface area contributed by atoms with Crippen LogP contribution in [0.25, 0.3) is 0 Å². The quantitative estimate of drug-likeness (QED) is 0.770. The number of ether oxygens (including phenoxy) is 1. The van der Waals surface area contributed by atoms with E-state index in [1.165, 1.54) is 0 Å². The van der Waals surface area contributed by atoms with Crippen LogP contribution in [0, 0.1) is 0 Å². The van der Waals surface area contributed by atoms with Crippen molar-refractivity contribution in [3.63, 3.8) is 0 Å². The summed E-state index contributed by atoms with van der Waals surface area (Å²) in [6, 6.07) is 1.59. The van der Waals surface area contributed by atoms with Crippen LogP contribution in [0.15, 0.2) is 18.5 Å². The van der Waals surface area contributed by atoms with E-state index in [-0.39, 0.29) is 11.9 Å². The first kappa shape index (κ1) is 13.0. The number of nitrogens with one attached hydrogen (secondary N) is 1. The highest BCUT2D eigenvalue weighted by molar-refractivity contribution is 5.76. The van der Waals surface area contributed by atoms with Crippen LogP contribution in [-0.2, 0) is 16.1 Å². The monoisotopic (exact) mass is 253 g/mol. The Balaban J connectivity index is 1.65. The van der Waals surface area contributed by atoms with Gasteiger partial charge in [-0.2, -0.15) is 5.10 Å². The lowest BCUT2D eigenvalue weighted by Crippen LogP contribution is -2.49. The predicted octanol–water partition coefficient (Wildman–Crippen LogP) is -0.0707. The Labute approximate surface area is 106 Å². The second-order valence-electron chi connectivity index (χ2n) is 4.48. The second-order valence-corrected chi connectivity index (χ2v) is 4.48. The molecule has 100 valence electrons. The van der Waals surface area contributed by atoms with Crippen LogP contribution in [0.2, 0.25) is 0 Å². The summed E-state index contributed by atoms with van der Waals surface area (Å²) in [6.07, 6.45) is 4.85. The molecule has 2 N–H and O–H groups in total. The summed E-state index contributed by atoms with van der Waals surface area (Å²) in [4.78, 5) is 11.7. The Morgan fingerprint density at radius 1 is 1.61 bits per heavy atom. The molecule has 18 heavy (non-hydrogen) atoms. The molecule has 1 amide bonds. The van der Waals surface area contributed by atoms with Gasteiger partial charge in [-0.1, -0.05) is 0 Å². The number of aryl methyl sites for hydroxylation is 1. The molecule has 1 aliphatic rings. The molecule has 2 heterocycles. The minimum absolute atomic E-state index is 0.0447. The first-order valence-electron chi connectivity index (χ1n) is 6.28. The van der Waals surface area contributed by atoms with Crippen LogP contribution in [0.4, 0.5) is 0 Å². The third kappa shape index (κ3) is 3.82. The number of carbonyl (C=O) groups excluding carboxylic acids is 1. The summed E-state index contributed by atoms with van der Waals surface area (Å²) in [5.74, 6) is -0.0447. The maximum Gasteiger partial charge on any atom is 0.220 e. The topological polar surface area (TPSA) is 76.4 Å². The van der Waals surface area contributed by atoms with E-state index in [2.05, 4.69) is 10.4 Å². The number of carbonyl (C=O) groups is 1. The largest absolute Gasteiger partial charge is 0.391 e. The van der Waals surface area contributed by atoms with E-state index >= 15 is 0 Å². The predicted molar refractivity (Wildman–Crippen MR) is 64.8 cm³/mol. The zero-order valence-electron chi connectivity index (χ0n) is 10.3. The zero-order valence-corrected chi connectivity index (χ0v) is 10.3. The van der Waals surface area contributed by atoms with Crippen molar-refractivity contribution in [1.82, 2.24) is 15.1 Å². The second kappa shape index (κ2) is 6.51. The van der Waals surface area contributed by atoms with Crippen LogP contribution >= 0.6 is 0 Å². The SMILES string of the molecule is O=C(CCCn1cccn1)N[C@@H]1COCC[C@H]1O. The molecule has 6 nitrogen and oxygen atoms in total. The lowest BCUT2D eigenvalue weighted by atomic mass is 10.1. The van der Waals surface area contributed by atoms with Gasteiger partial charge < -0.3 is 15.2 Å². The average molecular weight is 253 g/mol. The number of hydrogen-bond donors (Lipinski definition) is 2. The molecule has 0 saturated carbocycles. The first-order chi connectivity index (χ1) is 8.75. The molecule has 1 fully saturated rings. The van der Waals surface area contributed by atoms with Crippen LogP contribution in [0.5, 0.6) is 0 Å². The highest BCUT2D eigenvalue weighted by Gasteiger charge is 2.24. The summed E-state index contributed by atoms with van der Waals surface area (Å²) >= 11 is 0. The third-order valence-corrected chi connectivity index (χ3v) is 3.02. The third-order valence-electron chi connectivity index (χ3n) is 3.02. The number of aliphatic hydroxyl groups is 1. The molecule has 2 rings (SSSR count). The van der Waals surface area contributed by atoms with Crippen molar-refractivity contribution in [2.75, 3.05) is 13.2 Å². The van der Waals surface area contributed by atoms with Gasteiger partial charge in [0, 0.05) is 32.0 Å². The number of hydrogen-bond acceptors (Lipinski definition) is 4. The van der Waals surface area contributed by atoms with E-state index in [1.54, 1.807) is 10.9 Å². The molecule has 1 saturated heterocycles. The van der Waals surface area contributed by atoms with Crippen molar-refractivity contribution in [2.45, 2.75) is 38.0 Å². The molecule has 6 heteroatoms. The van der Waals surface area contributed by atoms with Crippen molar-refractivity contribution >= 4 is 5.91 Å². The molecule has 0 bridgehead atoms. The smallest absolute Gasteiger partial charge is 0.220 e. The van der Waals surface area contributed by atoms with Crippen LogP contribution in [0.1, 0.15) is 19.3 Å². The molecule has 0 spiro atoms. The molecule has 1 aliphatic heterocycles. The zero-order chi connectivity index (χ0) is 12.8. The number of aliphatic hydroxyl groups excluding tert-OH is 1. The first-order valence-corrected chi connectivity index (χ1v) is 6.28. The maximum atomic E-state index is 11.7. The Kier molecular flexibility index (Phi) is 4.72. The molecule has 0 aromatic carbocycles. The van der Waals surface area contributed by atoms with Gasteiger partial charge in [-0.3, -0.25) is 9.48 Å². The van der Waals surface area contributed by atoms with E-state index in [9.17, 15) is 9.90 Å². The molecule has 1 aromatic heterocycles. The van der Waals surface area contributed by atoms with Crippen LogP contribution < -0.4 is 5.32 Å².